The maximum absolute atomic E-state index is 4.29. The lowest BCUT2D eigenvalue weighted by molar-refractivity contribution is 0.501. The zero-order valence-corrected chi connectivity index (χ0v) is 10.8. The number of rotatable bonds is 5. The van der Waals surface area contributed by atoms with Crippen molar-refractivity contribution in [2.75, 3.05) is 6.54 Å². The molecule has 0 fully saturated rings. The molecule has 0 radical (unpaired) electrons. The predicted molar refractivity (Wildman–Crippen MR) is 69.2 cm³/mol. The lowest BCUT2D eigenvalue weighted by atomic mass is 10.1. The average Bonchev–Trinajstić information content (AvgIpc) is 2.76. The van der Waals surface area contributed by atoms with Gasteiger partial charge in [-0.2, -0.15) is 5.10 Å². The minimum atomic E-state index is 0.509. The number of nitrogens with zero attached hydrogens (tertiary/aromatic N) is 3. The minimum absolute atomic E-state index is 0.509. The van der Waals surface area contributed by atoms with Crippen molar-refractivity contribution in [3.05, 3.63) is 29.7 Å². The summed E-state index contributed by atoms with van der Waals surface area (Å²) in [5.74, 6) is 0. The fraction of sp³-hybridized carbons (Fsp3) is 0.538. The molecule has 2 aromatic rings. The Morgan fingerprint density at radius 2 is 2.18 bits per heavy atom. The van der Waals surface area contributed by atoms with Crippen molar-refractivity contribution < 1.29 is 0 Å². The molecule has 0 bridgehead atoms. The first-order valence-corrected chi connectivity index (χ1v) is 6.27. The molecule has 0 aliphatic heterocycles. The highest BCUT2D eigenvalue weighted by Gasteiger charge is 2.10. The fourth-order valence-corrected chi connectivity index (χ4v) is 2.19. The largest absolute Gasteiger partial charge is 0.314 e. The van der Waals surface area contributed by atoms with Crippen molar-refractivity contribution in [1.29, 1.82) is 0 Å². The van der Waals surface area contributed by atoms with Gasteiger partial charge in [0.25, 0.3) is 0 Å². The summed E-state index contributed by atoms with van der Waals surface area (Å²) in [7, 11) is 0. The molecule has 2 heterocycles. The maximum atomic E-state index is 4.29. The first-order valence-electron chi connectivity index (χ1n) is 6.27. The van der Waals surface area contributed by atoms with Crippen LogP contribution in [0.25, 0.3) is 5.65 Å². The van der Waals surface area contributed by atoms with E-state index in [1.807, 2.05) is 4.52 Å². The van der Waals surface area contributed by atoms with Gasteiger partial charge in [0, 0.05) is 18.2 Å². The van der Waals surface area contributed by atoms with Crippen LogP contribution in [0.1, 0.15) is 31.5 Å². The van der Waals surface area contributed by atoms with Gasteiger partial charge in [-0.3, -0.25) is 0 Å². The summed E-state index contributed by atoms with van der Waals surface area (Å²) >= 11 is 0. The van der Waals surface area contributed by atoms with Crippen molar-refractivity contribution in [2.24, 2.45) is 0 Å². The second-order valence-electron chi connectivity index (χ2n) is 4.42. The summed E-state index contributed by atoms with van der Waals surface area (Å²) in [4.78, 5) is 4.25. The van der Waals surface area contributed by atoms with Crippen LogP contribution in [0.4, 0.5) is 0 Å². The smallest absolute Gasteiger partial charge is 0.155 e. The second kappa shape index (κ2) is 5.27. The van der Waals surface area contributed by atoms with Gasteiger partial charge in [0.05, 0.1) is 0 Å². The standard InChI is InChI=1S/C13H20N4/c1-4-11(14-5-2)8-12-6-10(3)7-13-15-9-16-17(12)13/h6-7,9,11,14H,4-5,8H2,1-3H3. The van der Waals surface area contributed by atoms with Gasteiger partial charge in [0.1, 0.15) is 6.33 Å². The van der Waals surface area contributed by atoms with Gasteiger partial charge >= 0.3 is 0 Å². The lowest BCUT2D eigenvalue weighted by Gasteiger charge is -2.16. The van der Waals surface area contributed by atoms with Crippen LogP contribution in [-0.2, 0) is 6.42 Å². The van der Waals surface area contributed by atoms with Gasteiger partial charge in [-0.1, -0.05) is 13.8 Å². The molecule has 4 nitrogen and oxygen atoms in total. The van der Waals surface area contributed by atoms with Crippen LogP contribution in [0.3, 0.4) is 0 Å². The number of likely N-dealkylation sites (N-methyl/N-ethyl adjacent to an activating group) is 1. The normalized spacial score (nSPS) is 13.1. The topological polar surface area (TPSA) is 42.2 Å². The Bertz CT molecular complexity index is 489. The first-order chi connectivity index (χ1) is 8.24. The molecule has 0 saturated carbocycles. The third-order valence-electron chi connectivity index (χ3n) is 3.04. The SMILES string of the molecule is CCNC(CC)Cc1cc(C)cc2ncnn12. The van der Waals surface area contributed by atoms with E-state index in [1.165, 1.54) is 11.3 Å². The van der Waals surface area contributed by atoms with E-state index in [9.17, 15) is 0 Å². The highest BCUT2D eigenvalue weighted by atomic mass is 15.3. The molecule has 0 aromatic carbocycles. The zero-order valence-electron chi connectivity index (χ0n) is 10.8. The second-order valence-corrected chi connectivity index (χ2v) is 4.42. The number of aryl methyl sites for hydroxylation is 1. The first kappa shape index (κ1) is 12.0. The summed E-state index contributed by atoms with van der Waals surface area (Å²) in [6.45, 7) is 7.46. The van der Waals surface area contributed by atoms with E-state index >= 15 is 0 Å². The minimum Gasteiger partial charge on any atom is -0.314 e. The lowest BCUT2D eigenvalue weighted by Crippen LogP contribution is -2.30. The number of nitrogens with one attached hydrogen (secondary N) is 1. The van der Waals surface area contributed by atoms with E-state index < -0.39 is 0 Å². The molecule has 2 aromatic heterocycles. The van der Waals surface area contributed by atoms with Gasteiger partial charge < -0.3 is 5.32 Å². The molecular weight excluding hydrogens is 212 g/mol. The Hall–Kier alpha value is -1.42. The monoisotopic (exact) mass is 232 g/mol. The quantitative estimate of drug-likeness (QED) is 0.857. The molecule has 17 heavy (non-hydrogen) atoms. The van der Waals surface area contributed by atoms with E-state index in [2.05, 4.69) is 48.3 Å². The Morgan fingerprint density at radius 3 is 2.88 bits per heavy atom. The molecule has 0 saturated heterocycles. The summed E-state index contributed by atoms with van der Waals surface area (Å²) in [6.07, 6.45) is 3.73. The van der Waals surface area contributed by atoms with Crippen LogP contribution in [0, 0.1) is 6.92 Å². The average molecular weight is 232 g/mol. The van der Waals surface area contributed by atoms with Crippen molar-refractivity contribution >= 4 is 5.65 Å². The third-order valence-corrected chi connectivity index (χ3v) is 3.04. The molecule has 0 amide bonds. The Morgan fingerprint density at radius 1 is 1.35 bits per heavy atom. The van der Waals surface area contributed by atoms with Crippen molar-refractivity contribution in [3.63, 3.8) is 0 Å². The third kappa shape index (κ3) is 2.64. The molecule has 0 aliphatic carbocycles. The Labute approximate surface area is 102 Å². The number of pyridine rings is 1. The molecule has 1 atom stereocenters. The van der Waals surface area contributed by atoms with Crippen LogP contribution in [0.2, 0.25) is 0 Å². The van der Waals surface area contributed by atoms with Crippen LogP contribution in [0.15, 0.2) is 18.5 Å². The number of fused-ring (bicyclic) bond motifs is 1. The van der Waals surface area contributed by atoms with E-state index in [1.54, 1.807) is 6.33 Å². The summed E-state index contributed by atoms with van der Waals surface area (Å²) in [5.41, 5.74) is 3.41. The van der Waals surface area contributed by atoms with E-state index in [-0.39, 0.29) is 0 Å². The van der Waals surface area contributed by atoms with Crippen LogP contribution in [0.5, 0.6) is 0 Å². The van der Waals surface area contributed by atoms with Crippen LogP contribution >= 0.6 is 0 Å². The molecular formula is C13H20N4. The van der Waals surface area contributed by atoms with Gasteiger partial charge in [0.15, 0.2) is 5.65 Å². The van der Waals surface area contributed by atoms with Crippen molar-refractivity contribution in [1.82, 2.24) is 19.9 Å². The highest BCUT2D eigenvalue weighted by molar-refractivity contribution is 5.41. The zero-order chi connectivity index (χ0) is 12.3. The maximum Gasteiger partial charge on any atom is 0.155 e. The summed E-state index contributed by atoms with van der Waals surface area (Å²) in [5, 5.41) is 7.78. The van der Waals surface area contributed by atoms with E-state index in [0.717, 1.165) is 25.0 Å². The Kier molecular flexibility index (Phi) is 3.74. The summed E-state index contributed by atoms with van der Waals surface area (Å²) < 4.78 is 1.94. The number of aromatic nitrogens is 3. The highest BCUT2D eigenvalue weighted by Crippen LogP contribution is 2.11. The molecule has 4 heteroatoms. The van der Waals surface area contributed by atoms with E-state index in [4.69, 9.17) is 0 Å². The van der Waals surface area contributed by atoms with Crippen molar-refractivity contribution in [3.8, 4) is 0 Å². The van der Waals surface area contributed by atoms with Gasteiger partial charge in [0.2, 0.25) is 0 Å². The van der Waals surface area contributed by atoms with Crippen LogP contribution in [-0.4, -0.2) is 27.2 Å². The van der Waals surface area contributed by atoms with Crippen LogP contribution < -0.4 is 5.32 Å². The summed E-state index contributed by atoms with van der Waals surface area (Å²) in [6, 6.07) is 4.76. The molecule has 0 aliphatic rings. The van der Waals surface area contributed by atoms with E-state index in [0.29, 0.717) is 6.04 Å². The number of hydrogen-bond acceptors (Lipinski definition) is 3. The molecule has 1 N–H and O–H groups in total. The molecule has 0 spiro atoms. The van der Waals surface area contributed by atoms with Crippen molar-refractivity contribution in [2.45, 2.75) is 39.7 Å². The van der Waals surface area contributed by atoms with Gasteiger partial charge in [-0.05, 0) is 37.6 Å². The number of hydrogen-bond donors (Lipinski definition) is 1. The molecule has 2 rings (SSSR count). The van der Waals surface area contributed by atoms with Gasteiger partial charge in [-0.15, -0.1) is 0 Å². The fourth-order valence-electron chi connectivity index (χ4n) is 2.19. The molecule has 92 valence electrons. The Balaban J connectivity index is 2.30. The molecule has 1 unspecified atom stereocenters. The van der Waals surface area contributed by atoms with Gasteiger partial charge in [-0.25, -0.2) is 9.50 Å². The predicted octanol–water partition coefficient (Wildman–Crippen LogP) is 1.97.